The van der Waals surface area contributed by atoms with Crippen LogP contribution < -0.4 is 0 Å². The van der Waals surface area contributed by atoms with Gasteiger partial charge in [-0.1, -0.05) is 43.3 Å². The summed E-state index contributed by atoms with van der Waals surface area (Å²) in [7, 11) is 0. The van der Waals surface area contributed by atoms with Crippen LogP contribution in [-0.4, -0.2) is 11.9 Å². The molecular weight excluding hydrogens is 248 g/mol. The summed E-state index contributed by atoms with van der Waals surface area (Å²) in [5.41, 5.74) is 2.23. The molecule has 2 aliphatic carbocycles. The van der Waals surface area contributed by atoms with Gasteiger partial charge in [0.05, 0.1) is 0 Å². The summed E-state index contributed by atoms with van der Waals surface area (Å²) in [6.07, 6.45) is 5.91. The van der Waals surface area contributed by atoms with Crippen molar-refractivity contribution in [3.8, 4) is 0 Å². The number of carbonyl (C=O) groups excluding carboxylic acids is 1. The quantitative estimate of drug-likeness (QED) is 0.726. The van der Waals surface area contributed by atoms with Crippen molar-refractivity contribution < 1.29 is 9.53 Å². The number of allylic oxidation sites excluding steroid dienone is 2. The van der Waals surface area contributed by atoms with Gasteiger partial charge in [0, 0.05) is 24.3 Å². The maximum Gasteiger partial charge on any atom is 0.163 e. The van der Waals surface area contributed by atoms with E-state index in [1.54, 1.807) is 0 Å². The molecule has 2 nitrogen and oxygen atoms in total. The number of rotatable bonds is 1. The molecule has 0 aromatic heterocycles. The van der Waals surface area contributed by atoms with Gasteiger partial charge in [-0.2, -0.15) is 0 Å². The second kappa shape index (κ2) is 4.34. The van der Waals surface area contributed by atoms with E-state index in [-0.39, 0.29) is 17.9 Å². The molecule has 0 radical (unpaired) electrons. The van der Waals surface area contributed by atoms with Crippen molar-refractivity contribution in [1.29, 1.82) is 0 Å². The Hall–Kier alpha value is -1.83. The third kappa shape index (κ3) is 1.67. The zero-order chi connectivity index (χ0) is 13.7. The Labute approximate surface area is 119 Å². The maximum atomic E-state index is 12.6. The van der Waals surface area contributed by atoms with E-state index in [1.165, 1.54) is 5.56 Å². The van der Waals surface area contributed by atoms with E-state index in [0.29, 0.717) is 18.1 Å². The monoisotopic (exact) mass is 266 g/mol. The van der Waals surface area contributed by atoms with Crippen molar-refractivity contribution in [2.24, 2.45) is 11.8 Å². The zero-order valence-corrected chi connectivity index (χ0v) is 11.6. The van der Waals surface area contributed by atoms with Crippen LogP contribution in [0.3, 0.4) is 0 Å². The second-order valence-corrected chi connectivity index (χ2v) is 6.13. The van der Waals surface area contributed by atoms with Crippen molar-refractivity contribution in [3.63, 3.8) is 0 Å². The van der Waals surface area contributed by atoms with Gasteiger partial charge in [0.1, 0.15) is 11.9 Å². The van der Waals surface area contributed by atoms with E-state index in [4.69, 9.17) is 4.74 Å². The van der Waals surface area contributed by atoms with Crippen LogP contribution in [0, 0.1) is 11.8 Å². The van der Waals surface area contributed by atoms with Crippen LogP contribution in [0.5, 0.6) is 0 Å². The summed E-state index contributed by atoms with van der Waals surface area (Å²) >= 11 is 0. The normalized spacial score (nSPS) is 35.0. The number of hydrogen-bond donors (Lipinski definition) is 0. The van der Waals surface area contributed by atoms with Crippen LogP contribution in [0.1, 0.15) is 31.2 Å². The van der Waals surface area contributed by atoms with E-state index in [0.717, 1.165) is 17.8 Å². The number of Topliss-reactive ketones (excluding diaryl/α,β-unsaturated/α-hetero) is 1. The smallest absolute Gasteiger partial charge is 0.163 e. The lowest BCUT2D eigenvalue weighted by atomic mass is 9.77. The highest BCUT2D eigenvalue weighted by atomic mass is 16.5. The molecule has 0 spiro atoms. The molecule has 3 aliphatic rings. The van der Waals surface area contributed by atoms with Gasteiger partial charge in [0.2, 0.25) is 0 Å². The fraction of sp³-hybridized carbons (Fsp3) is 0.389. The summed E-state index contributed by atoms with van der Waals surface area (Å²) in [6.45, 7) is 2.18. The summed E-state index contributed by atoms with van der Waals surface area (Å²) in [5, 5.41) is 0. The van der Waals surface area contributed by atoms with Crippen molar-refractivity contribution >= 4 is 5.78 Å². The molecule has 0 saturated heterocycles. The third-order valence-electron chi connectivity index (χ3n) is 4.87. The van der Waals surface area contributed by atoms with Gasteiger partial charge in [-0.3, -0.25) is 4.79 Å². The Kier molecular flexibility index (Phi) is 2.59. The molecule has 4 atom stereocenters. The first-order valence-corrected chi connectivity index (χ1v) is 7.40. The average molecular weight is 266 g/mol. The van der Waals surface area contributed by atoms with E-state index in [1.807, 2.05) is 18.2 Å². The largest absolute Gasteiger partial charge is 0.490 e. The van der Waals surface area contributed by atoms with Crippen molar-refractivity contribution in [1.82, 2.24) is 0 Å². The van der Waals surface area contributed by atoms with Crippen molar-refractivity contribution in [2.45, 2.75) is 31.8 Å². The molecule has 0 bridgehead atoms. The first kappa shape index (κ1) is 12.0. The summed E-state index contributed by atoms with van der Waals surface area (Å²) in [4.78, 5) is 12.6. The zero-order valence-electron chi connectivity index (χ0n) is 11.6. The summed E-state index contributed by atoms with van der Waals surface area (Å²) in [6, 6.07) is 10.3. The summed E-state index contributed by atoms with van der Waals surface area (Å²) < 4.78 is 6.05. The fourth-order valence-electron chi connectivity index (χ4n) is 3.87. The molecule has 4 rings (SSSR count). The molecule has 1 aromatic rings. The molecule has 1 unspecified atom stereocenters. The first-order valence-electron chi connectivity index (χ1n) is 7.40. The minimum absolute atomic E-state index is 0.105. The number of fused-ring (bicyclic) bond motifs is 2. The molecule has 1 heterocycles. The average Bonchev–Trinajstić information content (AvgIpc) is 3.00. The van der Waals surface area contributed by atoms with Gasteiger partial charge in [-0.05, 0) is 23.5 Å². The SMILES string of the molecule is C[C@@H]1C=C[C@H]2OC3=C(C(=O)CC(c4ccccc4)C3)[C@@H]12. The molecule has 102 valence electrons. The Morgan fingerprint density at radius 3 is 2.70 bits per heavy atom. The van der Waals surface area contributed by atoms with E-state index >= 15 is 0 Å². The van der Waals surface area contributed by atoms with Crippen LogP contribution in [0.15, 0.2) is 53.8 Å². The summed E-state index contributed by atoms with van der Waals surface area (Å²) in [5.74, 6) is 2.23. The van der Waals surface area contributed by atoms with Gasteiger partial charge in [0.25, 0.3) is 0 Å². The van der Waals surface area contributed by atoms with E-state index < -0.39 is 0 Å². The standard InChI is InChI=1S/C18H18O2/c1-11-7-8-15-17(11)18-14(19)9-13(10-16(18)20-15)12-5-3-2-4-6-12/h2-8,11,13,15,17H,9-10H2,1H3/t11-,13?,15-,17+/m1/s1. The number of ether oxygens (including phenoxy) is 1. The van der Waals surface area contributed by atoms with Crippen LogP contribution in [0.4, 0.5) is 0 Å². The third-order valence-corrected chi connectivity index (χ3v) is 4.87. The predicted octanol–water partition coefficient (Wildman–Crippen LogP) is 3.61. The predicted molar refractivity (Wildman–Crippen MR) is 77.1 cm³/mol. The highest BCUT2D eigenvalue weighted by molar-refractivity contribution is 5.98. The highest BCUT2D eigenvalue weighted by Gasteiger charge is 2.46. The van der Waals surface area contributed by atoms with Crippen molar-refractivity contribution in [3.05, 3.63) is 59.4 Å². The van der Waals surface area contributed by atoms with Gasteiger partial charge in [-0.25, -0.2) is 0 Å². The maximum absolute atomic E-state index is 12.6. The minimum Gasteiger partial charge on any atom is -0.490 e. The molecule has 1 aliphatic heterocycles. The minimum atomic E-state index is 0.105. The fourth-order valence-corrected chi connectivity index (χ4v) is 3.87. The molecule has 0 amide bonds. The first-order chi connectivity index (χ1) is 9.74. The van der Waals surface area contributed by atoms with Crippen molar-refractivity contribution in [2.75, 3.05) is 0 Å². The number of carbonyl (C=O) groups is 1. The topological polar surface area (TPSA) is 26.3 Å². The lowest BCUT2D eigenvalue weighted by Crippen LogP contribution is -2.23. The Balaban J connectivity index is 1.66. The Morgan fingerprint density at radius 2 is 1.90 bits per heavy atom. The molecule has 1 aromatic carbocycles. The van der Waals surface area contributed by atoms with Gasteiger partial charge in [-0.15, -0.1) is 0 Å². The van der Waals surface area contributed by atoms with Crippen LogP contribution >= 0.6 is 0 Å². The molecule has 0 saturated carbocycles. The lowest BCUT2D eigenvalue weighted by molar-refractivity contribution is -0.116. The van der Waals surface area contributed by atoms with Gasteiger partial charge in [0.15, 0.2) is 5.78 Å². The van der Waals surface area contributed by atoms with E-state index in [9.17, 15) is 4.79 Å². The highest BCUT2D eigenvalue weighted by Crippen LogP contribution is 2.48. The lowest BCUT2D eigenvalue weighted by Gasteiger charge is -2.24. The number of ketones is 1. The van der Waals surface area contributed by atoms with Crippen LogP contribution in [-0.2, 0) is 9.53 Å². The molecule has 0 N–H and O–H groups in total. The van der Waals surface area contributed by atoms with E-state index in [2.05, 4.69) is 31.2 Å². The van der Waals surface area contributed by atoms with Crippen LogP contribution in [0.25, 0.3) is 0 Å². The Bertz CT molecular complexity index is 612. The number of hydrogen-bond acceptors (Lipinski definition) is 2. The van der Waals surface area contributed by atoms with Gasteiger partial charge < -0.3 is 4.74 Å². The molecule has 2 heteroatoms. The Morgan fingerprint density at radius 1 is 1.10 bits per heavy atom. The second-order valence-electron chi connectivity index (χ2n) is 6.13. The number of benzene rings is 1. The molecular formula is C18H18O2. The van der Waals surface area contributed by atoms with Gasteiger partial charge >= 0.3 is 0 Å². The molecule has 20 heavy (non-hydrogen) atoms. The van der Waals surface area contributed by atoms with Crippen LogP contribution in [0.2, 0.25) is 0 Å². The molecule has 0 fully saturated rings.